The second-order valence-electron chi connectivity index (χ2n) is 4.63. The number of carbonyl (C=O) groups is 2. The third-order valence-electron chi connectivity index (χ3n) is 3.07. The average Bonchev–Trinajstić information content (AvgIpc) is 2.80. The number of amides is 1. The zero-order chi connectivity index (χ0) is 13.7. The van der Waals surface area contributed by atoms with E-state index in [4.69, 9.17) is 16.3 Å². The third kappa shape index (κ3) is 4.56. The van der Waals surface area contributed by atoms with E-state index >= 15 is 0 Å². The van der Waals surface area contributed by atoms with Crippen LogP contribution in [0.1, 0.15) is 31.2 Å². The van der Waals surface area contributed by atoms with Crippen LogP contribution in [-0.2, 0) is 20.9 Å². The van der Waals surface area contributed by atoms with Gasteiger partial charge in [-0.15, -0.1) is 0 Å². The highest BCUT2D eigenvalue weighted by Gasteiger charge is 2.21. The molecular formula is C14H16ClNO3. The van der Waals surface area contributed by atoms with E-state index < -0.39 is 0 Å². The lowest BCUT2D eigenvalue weighted by atomic mass is 10.1. The van der Waals surface area contributed by atoms with Crippen LogP contribution in [-0.4, -0.2) is 17.9 Å². The van der Waals surface area contributed by atoms with Crippen LogP contribution in [0.3, 0.4) is 0 Å². The largest absolute Gasteiger partial charge is 0.461 e. The molecule has 1 amide bonds. The number of carbonyl (C=O) groups excluding carboxylic acids is 2. The number of halogens is 1. The summed E-state index contributed by atoms with van der Waals surface area (Å²) in [5.74, 6) is -0.182. The van der Waals surface area contributed by atoms with Gasteiger partial charge >= 0.3 is 5.97 Å². The smallest absolute Gasteiger partial charge is 0.306 e. The van der Waals surface area contributed by atoms with Crippen molar-refractivity contribution in [3.8, 4) is 0 Å². The number of hydrogen-bond acceptors (Lipinski definition) is 3. The minimum Gasteiger partial charge on any atom is -0.461 e. The molecule has 0 saturated carbocycles. The molecule has 1 heterocycles. The summed E-state index contributed by atoms with van der Waals surface area (Å²) in [6.07, 6.45) is 2.33. The van der Waals surface area contributed by atoms with Gasteiger partial charge in [-0.2, -0.15) is 0 Å². The van der Waals surface area contributed by atoms with Gasteiger partial charge < -0.3 is 10.1 Å². The summed E-state index contributed by atoms with van der Waals surface area (Å²) in [5, 5.41) is 3.45. The van der Waals surface area contributed by atoms with Gasteiger partial charge in [0.2, 0.25) is 5.91 Å². The van der Waals surface area contributed by atoms with Crippen LogP contribution in [0.5, 0.6) is 0 Å². The van der Waals surface area contributed by atoms with Crippen LogP contribution >= 0.6 is 11.6 Å². The number of ether oxygens (including phenoxy) is 1. The molecule has 2 rings (SSSR count). The van der Waals surface area contributed by atoms with Crippen molar-refractivity contribution in [2.75, 3.05) is 0 Å². The van der Waals surface area contributed by atoms with Gasteiger partial charge in [0, 0.05) is 23.9 Å². The molecule has 102 valence electrons. The first kappa shape index (κ1) is 13.9. The maximum Gasteiger partial charge on any atom is 0.306 e. The SMILES string of the molecule is O=C1CCC(CCC(=O)OCc2cccc(Cl)c2)N1. The van der Waals surface area contributed by atoms with Crippen LogP contribution in [0.15, 0.2) is 24.3 Å². The molecule has 0 radical (unpaired) electrons. The van der Waals surface area contributed by atoms with E-state index in [1.807, 2.05) is 12.1 Å². The highest BCUT2D eigenvalue weighted by molar-refractivity contribution is 6.30. The molecule has 1 aliphatic rings. The van der Waals surface area contributed by atoms with Crippen molar-refractivity contribution in [1.29, 1.82) is 0 Å². The van der Waals surface area contributed by atoms with Crippen LogP contribution in [0.2, 0.25) is 5.02 Å². The van der Waals surface area contributed by atoms with Crippen molar-refractivity contribution in [3.05, 3.63) is 34.9 Å². The average molecular weight is 282 g/mol. The third-order valence-corrected chi connectivity index (χ3v) is 3.31. The molecule has 1 unspecified atom stereocenters. The monoisotopic (exact) mass is 281 g/mol. The van der Waals surface area contributed by atoms with E-state index in [-0.39, 0.29) is 24.5 Å². The molecule has 4 nitrogen and oxygen atoms in total. The predicted molar refractivity (Wildman–Crippen MR) is 71.6 cm³/mol. The van der Waals surface area contributed by atoms with E-state index in [0.29, 0.717) is 24.3 Å². The number of hydrogen-bond donors (Lipinski definition) is 1. The van der Waals surface area contributed by atoms with Crippen molar-refractivity contribution in [2.24, 2.45) is 0 Å². The second-order valence-corrected chi connectivity index (χ2v) is 5.07. The fourth-order valence-corrected chi connectivity index (χ4v) is 2.26. The second kappa shape index (κ2) is 6.57. The van der Waals surface area contributed by atoms with Crippen LogP contribution < -0.4 is 5.32 Å². The maximum atomic E-state index is 11.6. The summed E-state index contributed by atoms with van der Waals surface area (Å²) in [6.45, 7) is 0.233. The van der Waals surface area contributed by atoms with Gasteiger partial charge in [-0.3, -0.25) is 9.59 Å². The molecule has 1 aliphatic heterocycles. The first-order chi connectivity index (χ1) is 9.13. The molecule has 1 atom stereocenters. The Morgan fingerprint density at radius 2 is 2.32 bits per heavy atom. The molecule has 1 N–H and O–H groups in total. The first-order valence-corrected chi connectivity index (χ1v) is 6.71. The molecule has 5 heteroatoms. The van der Waals surface area contributed by atoms with Gasteiger partial charge in [-0.1, -0.05) is 23.7 Å². The minimum atomic E-state index is -0.249. The van der Waals surface area contributed by atoms with Gasteiger partial charge in [-0.25, -0.2) is 0 Å². The molecule has 1 aromatic rings. The van der Waals surface area contributed by atoms with E-state index in [9.17, 15) is 9.59 Å². The number of esters is 1. The molecule has 1 saturated heterocycles. The Kier molecular flexibility index (Phi) is 4.80. The predicted octanol–water partition coefficient (Wildman–Crippen LogP) is 2.44. The summed E-state index contributed by atoms with van der Waals surface area (Å²) < 4.78 is 5.16. The molecule has 0 bridgehead atoms. The standard InChI is InChI=1S/C14H16ClNO3/c15-11-3-1-2-10(8-11)9-19-14(18)7-5-12-4-6-13(17)16-12/h1-3,8,12H,4-7,9H2,(H,16,17). The van der Waals surface area contributed by atoms with Gasteiger partial charge in [-0.05, 0) is 30.5 Å². The normalized spacial score (nSPS) is 18.2. The lowest BCUT2D eigenvalue weighted by Gasteiger charge is -2.09. The van der Waals surface area contributed by atoms with Gasteiger partial charge in [0.15, 0.2) is 0 Å². The lowest BCUT2D eigenvalue weighted by Crippen LogP contribution is -2.26. The number of benzene rings is 1. The van der Waals surface area contributed by atoms with Crippen molar-refractivity contribution in [2.45, 2.75) is 38.3 Å². The Bertz CT molecular complexity index is 476. The Hall–Kier alpha value is -1.55. The van der Waals surface area contributed by atoms with E-state index in [1.165, 1.54) is 0 Å². The van der Waals surface area contributed by atoms with E-state index in [1.54, 1.807) is 12.1 Å². The molecule has 19 heavy (non-hydrogen) atoms. The molecular weight excluding hydrogens is 266 g/mol. The summed E-state index contributed by atoms with van der Waals surface area (Å²) in [6, 6.07) is 7.34. The molecule has 0 spiro atoms. The van der Waals surface area contributed by atoms with Gasteiger partial charge in [0.25, 0.3) is 0 Å². The topological polar surface area (TPSA) is 55.4 Å². The van der Waals surface area contributed by atoms with Crippen molar-refractivity contribution < 1.29 is 14.3 Å². The first-order valence-electron chi connectivity index (χ1n) is 6.33. The Balaban J connectivity index is 1.68. The van der Waals surface area contributed by atoms with Gasteiger partial charge in [0.1, 0.15) is 6.61 Å². The van der Waals surface area contributed by atoms with Crippen LogP contribution in [0.4, 0.5) is 0 Å². The number of rotatable bonds is 5. The highest BCUT2D eigenvalue weighted by Crippen LogP contribution is 2.14. The lowest BCUT2D eigenvalue weighted by molar-refractivity contribution is -0.145. The van der Waals surface area contributed by atoms with Gasteiger partial charge in [0.05, 0.1) is 0 Å². The summed E-state index contributed by atoms with van der Waals surface area (Å²) in [7, 11) is 0. The van der Waals surface area contributed by atoms with Crippen LogP contribution in [0.25, 0.3) is 0 Å². The van der Waals surface area contributed by atoms with Crippen molar-refractivity contribution in [3.63, 3.8) is 0 Å². The zero-order valence-electron chi connectivity index (χ0n) is 10.5. The molecule has 0 aromatic heterocycles. The van der Waals surface area contributed by atoms with E-state index in [2.05, 4.69) is 5.32 Å². The van der Waals surface area contributed by atoms with E-state index in [0.717, 1.165) is 12.0 Å². The Morgan fingerprint density at radius 1 is 1.47 bits per heavy atom. The number of nitrogens with one attached hydrogen (secondary N) is 1. The van der Waals surface area contributed by atoms with Crippen molar-refractivity contribution in [1.82, 2.24) is 5.32 Å². The Morgan fingerprint density at radius 3 is 3.00 bits per heavy atom. The van der Waals surface area contributed by atoms with Crippen LogP contribution in [0, 0.1) is 0 Å². The summed E-state index contributed by atoms with van der Waals surface area (Å²) in [5.41, 5.74) is 0.870. The summed E-state index contributed by atoms with van der Waals surface area (Å²) in [4.78, 5) is 22.6. The summed E-state index contributed by atoms with van der Waals surface area (Å²) >= 11 is 5.84. The highest BCUT2D eigenvalue weighted by atomic mass is 35.5. The maximum absolute atomic E-state index is 11.6. The fourth-order valence-electron chi connectivity index (χ4n) is 2.05. The molecule has 0 aliphatic carbocycles. The fraction of sp³-hybridized carbons (Fsp3) is 0.429. The zero-order valence-corrected chi connectivity index (χ0v) is 11.3. The Labute approximate surface area is 117 Å². The minimum absolute atomic E-state index is 0.0669. The molecule has 1 aromatic carbocycles. The molecule has 1 fully saturated rings. The van der Waals surface area contributed by atoms with Crippen molar-refractivity contribution >= 4 is 23.5 Å². The quantitative estimate of drug-likeness (QED) is 0.844.